The van der Waals surface area contributed by atoms with Crippen molar-refractivity contribution in [3.8, 4) is 5.75 Å². The molecule has 1 aromatic rings. The van der Waals surface area contributed by atoms with E-state index in [1.807, 2.05) is 13.8 Å². The van der Waals surface area contributed by atoms with Crippen molar-refractivity contribution in [1.82, 2.24) is 0 Å². The molecule has 0 aromatic heterocycles. The maximum Gasteiger partial charge on any atom is 0.115 e. The standard InChI is InChI=1S/C14H20O4/c1-3-11-8(2)12(16)13(17)14(18-11)9-4-6-10(15)7-5-9/h4-8,11-17H,3H2,1-2H3/t8-,11-,12+,13+,14-/m1/s1. The zero-order valence-electron chi connectivity index (χ0n) is 10.7. The van der Waals surface area contributed by atoms with Crippen molar-refractivity contribution in [3.05, 3.63) is 29.8 Å². The van der Waals surface area contributed by atoms with Gasteiger partial charge in [-0.1, -0.05) is 26.0 Å². The van der Waals surface area contributed by atoms with Gasteiger partial charge in [0.15, 0.2) is 0 Å². The van der Waals surface area contributed by atoms with Crippen LogP contribution in [-0.2, 0) is 4.74 Å². The second kappa shape index (κ2) is 5.26. The number of rotatable bonds is 2. The van der Waals surface area contributed by atoms with E-state index in [-0.39, 0.29) is 17.8 Å². The van der Waals surface area contributed by atoms with Crippen LogP contribution in [0.4, 0.5) is 0 Å². The lowest BCUT2D eigenvalue weighted by atomic mass is 9.85. The normalized spacial score (nSPS) is 36.6. The summed E-state index contributed by atoms with van der Waals surface area (Å²) in [6, 6.07) is 6.52. The fourth-order valence-electron chi connectivity index (χ4n) is 2.51. The van der Waals surface area contributed by atoms with Gasteiger partial charge in [-0.05, 0) is 24.1 Å². The number of hydrogen-bond donors (Lipinski definition) is 3. The molecule has 0 bridgehead atoms. The van der Waals surface area contributed by atoms with Crippen LogP contribution in [0.3, 0.4) is 0 Å². The number of hydrogen-bond acceptors (Lipinski definition) is 4. The molecular formula is C14H20O4. The van der Waals surface area contributed by atoms with E-state index in [1.165, 1.54) is 0 Å². The minimum Gasteiger partial charge on any atom is -0.508 e. The van der Waals surface area contributed by atoms with Gasteiger partial charge < -0.3 is 20.1 Å². The van der Waals surface area contributed by atoms with Crippen LogP contribution in [0.25, 0.3) is 0 Å². The number of aliphatic hydroxyl groups excluding tert-OH is 2. The average Bonchev–Trinajstić information content (AvgIpc) is 2.38. The first kappa shape index (κ1) is 13.3. The molecule has 4 heteroatoms. The molecule has 1 fully saturated rings. The second-order valence-electron chi connectivity index (χ2n) is 4.94. The highest BCUT2D eigenvalue weighted by Gasteiger charge is 2.41. The molecule has 0 amide bonds. The zero-order chi connectivity index (χ0) is 13.3. The molecule has 0 radical (unpaired) electrons. The van der Waals surface area contributed by atoms with E-state index in [9.17, 15) is 15.3 Å². The summed E-state index contributed by atoms with van der Waals surface area (Å²) in [7, 11) is 0. The van der Waals surface area contributed by atoms with Gasteiger partial charge in [0, 0.05) is 5.92 Å². The summed E-state index contributed by atoms with van der Waals surface area (Å²) in [6.45, 7) is 3.88. The van der Waals surface area contributed by atoms with Crippen molar-refractivity contribution < 1.29 is 20.1 Å². The Morgan fingerprint density at radius 1 is 1.11 bits per heavy atom. The number of phenols is 1. The maximum absolute atomic E-state index is 10.1. The summed E-state index contributed by atoms with van der Waals surface area (Å²) in [5, 5.41) is 29.4. The van der Waals surface area contributed by atoms with Crippen molar-refractivity contribution in [3.63, 3.8) is 0 Å². The molecule has 0 aliphatic carbocycles. The molecule has 3 N–H and O–H groups in total. The predicted octanol–water partition coefficient (Wildman–Crippen LogP) is 1.60. The maximum atomic E-state index is 10.1. The summed E-state index contributed by atoms with van der Waals surface area (Å²) < 4.78 is 5.86. The first-order valence-electron chi connectivity index (χ1n) is 6.35. The average molecular weight is 252 g/mol. The van der Waals surface area contributed by atoms with Crippen molar-refractivity contribution >= 4 is 0 Å². The Labute approximate surface area is 107 Å². The van der Waals surface area contributed by atoms with E-state index in [1.54, 1.807) is 24.3 Å². The van der Waals surface area contributed by atoms with Gasteiger partial charge in [-0.15, -0.1) is 0 Å². The number of benzene rings is 1. The molecule has 2 rings (SSSR count). The fourth-order valence-corrected chi connectivity index (χ4v) is 2.51. The Balaban J connectivity index is 2.24. The SMILES string of the molecule is CC[C@H]1O[C@H](c2ccc(O)cc2)[C@@H](O)[C@@H](O)[C@@H]1C. The molecule has 1 aliphatic rings. The van der Waals surface area contributed by atoms with Crippen LogP contribution in [0.5, 0.6) is 5.75 Å². The molecule has 100 valence electrons. The molecule has 0 spiro atoms. The minimum absolute atomic E-state index is 0.0674. The Morgan fingerprint density at radius 2 is 1.72 bits per heavy atom. The van der Waals surface area contributed by atoms with Crippen LogP contribution in [-0.4, -0.2) is 33.6 Å². The Morgan fingerprint density at radius 3 is 2.28 bits per heavy atom. The molecule has 5 atom stereocenters. The lowest BCUT2D eigenvalue weighted by Gasteiger charge is -2.41. The summed E-state index contributed by atoms with van der Waals surface area (Å²) in [5.41, 5.74) is 0.768. The predicted molar refractivity (Wildman–Crippen MR) is 67.2 cm³/mol. The largest absolute Gasteiger partial charge is 0.508 e. The van der Waals surface area contributed by atoms with Gasteiger partial charge in [-0.25, -0.2) is 0 Å². The molecule has 1 aliphatic heterocycles. The molecule has 0 saturated carbocycles. The van der Waals surface area contributed by atoms with E-state index >= 15 is 0 Å². The van der Waals surface area contributed by atoms with Crippen molar-refractivity contribution in [1.29, 1.82) is 0 Å². The van der Waals surface area contributed by atoms with E-state index in [4.69, 9.17) is 4.74 Å². The molecule has 1 saturated heterocycles. The summed E-state index contributed by atoms with van der Waals surface area (Å²) in [6.07, 6.45) is -1.54. The molecule has 0 unspecified atom stereocenters. The van der Waals surface area contributed by atoms with Gasteiger partial charge >= 0.3 is 0 Å². The van der Waals surface area contributed by atoms with E-state index < -0.39 is 18.3 Å². The topological polar surface area (TPSA) is 69.9 Å². The monoisotopic (exact) mass is 252 g/mol. The van der Waals surface area contributed by atoms with Gasteiger partial charge in [0.25, 0.3) is 0 Å². The second-order valence-corrected chi connectivity index (χ2v) is 4.94. The summed E-state index contributed by atoms with van der Waals surface area (Å²) in [5.74, 6) is 0.0865. The third-order valence-corrected chi connectivity index (χ3v) is 3.73. The third-order valence-electron chi connectivity index (χ3n) is 3.73. The summed E-state index contributed by atoms with van der Waals surface area (Å²) in [4.78, 5) is 0. The van der Waals surface area contributed by atoms with Gasteiger partial charge in [0.1, 0.15) is 18.0 Å². The number of ether oxygens (including phenoxy) is 1. The lowest BCUT2D eigenvalue weighted by molar-refractivity contribution is -0.199. The molecular weight excluding hydrogens is 232 g/mol. The smallest absolute Gasteiger partial charge is 0.115 e. The van der Waals surface area contributed by atoms with Crippen LogP contribution >= 0.6 is 0 Å². The van der Waals surface area contributed by atoms with E-state index in [2.05, 4.69) is 0 Å². The Hall–Kier alpha value is -1.10. The fraction of sp³-hybridized carbons (Fsp3) is 0.571. The van der Waals surface area contributed by atoms with Crippen LogP contribution in [0.2, 0.25) is 0 Å². The Bertz CT molecular complexity index is 387. The van der Waals surface area contributed by atoms with Crippen molar-refractivity contribution in [2.24, 2.45) is 5.92 Å². The molecule has 4 nitrogen and oxygen atoms in total. The quantitative estimate of drug-likeness (QED) is 0.747. The first-order chi connectivity index (χ1) is 8.54. The van der Waals surface area contributed by atoms with E-state index in [0.29, 0.717) is 0 Å². The van der Waals surface area contributed by atoms with Gasteiger partial charge in [0.05, 0.1) is 12.2 Å². The number of aromatic hydroxyl groups is 1. The number of aliphatic hydroxyl groups is 2. The van der Waals surface area contributed by atoms with Crippen LogP contribution < -0.4 is 0 Å². The molecule has 1 heterocycles. The van der Waals surface area contributed by atoms with Gasteiger partial charge in [-0.2, -0.15) is 0 Å². The van der Waals surface area contributed by atoms with Crippen molar-refractivity contribution in [2.75, 3.05) is 0 Å². The number of phenolic OH excluding ortho intramolecular Hbond substituents is 1. The lowest BCUT2D eigenvalue weighted by Crippen LogP contribution is -2.49. The van der Waals surface area contributed by atoms with Gasteiger partial charge in [0.2, 0.25) is 0 Å². The highest BCUT2D eigenvalue weighted by molar-refractivity contribution is 5.28. The highest BCUT2D eigenvalue weighted by atomic mass is 16.5. The minimum atomic E-state index is -0.938. The van der Waals surface area contributed by atoms with Crippen LogP contribution in [0.1, 0.15) is 31.9 Å². The Kier molecular flexibility index (Phi) is 3.90. The third kappa shape index (κ3) is 2.36. The van der Waals surface area contributed by atoms with Crippen LogP contribution in [0, 0.1) is 5.92 Å². The molecule has 18 heavy (non-hydrogen) atoms. The highest BCUT2D eigenvalue weighted by Crippen LogP contribution is 2.36. The molecule has 1 aromatic carbocycles. The van der Waals surface area contributed by atoms with E-state index in [0.717, 1.165) is 12.0 Å². The first-order valence-corrected chi connectivity index (χ1v) is 6.35. The van der Waals surface area contributed by atoms with Crippen molar-refractivity contribution in [2.45, 2.75) is 44.7 Å². The van der Waals surface area contributed by atoms with Crippen LogP contribution in [0.15, 0.2) is 24.3 Å². The zero-order valence-corrected chi connectivity index (χ0v) is 10.7. The van der Waals surface area contributed by atoms with Gasteiger partial charge in [-0.3, -0.25) is 0 Å². The summed E-state index contributed by atoms with van der Waals surface area (Å²) >= 11 is 0.